The van der Waals surface area contributed by atoms with Crippen molar-refractivity contribution < 1.29 is 8.42 Å². The molecule has 1 fully saturated rings. The lowest BCUT2D eigenvalue weighted by Gasteiger charge is -2.19. The molecule has 0 aromatic carbocycles. The summed E-state index contributed by atoms with van der Waals surface area (Å²) in [6.07, 6.45) is 2.56. The largest absolute Gasteiger partial charge is 0.306 e. The van der Waals surface area contributed by atoms with E-state index in [9.17, 15) is 8.42 Å². The van der Waals surface area contributed by atoms with Crippen LogP contribution in [0.2, 0.25) is 0 Å². The second-order valence-corrected chi connectivity index (χ2v) is 8.29. The van der Waals surface area contributed by atoms with E-state index in [1.807, 2.05) is 0 Å². The van der Waals surface area contributed by atoms with Crippen molar-refractivity contribution in [2.24, 2.45) is 5.84 Å². The van der Waals surface area contributed by atoms with Gasteiger partial charge in [-0.1, -0.05) is 0 Å². The van der Waals surface area contributed by atoms with Crippen molar-refractivity contribution in [2.45, 2.75) is 11.4 Å². The van der Waals surface area contributed by atoms with Crippen molar-refractivity contribution in [1.29, 1.82) is 0 Å². The Balaban J connectivity index is 2.09. The fourth-order valence-electron chi connectivity index (χ4n) is 2.19. The maximum absolute atomic E-state index is 12.9. The highest BCUT2D eigenvalue weighted by Crippen LogP contribution is 2.28. The summed E-state index contributed by atoms with van der Waals surface area (Å²) in [6, 6.07) is 0. The Hall–Kier alpha value is -0.810. The standard InChI is InChI=1S/C10H15N5O2S3/c11-13-8-9(15-4-7-19-10(15)12-8)20(16,17)14-2-1-5-18-6-3-14/h4,7,13H,1-3,5-6,11H2. The summed E-state index contributed by atoms with van der Waals surface area (Å²) < 4.78 is 28.8. The van der Waals surface area contributed by atoms with Crippen LogP contribution in [0.5, 0.6) is 0 Å². The number of nitrogen functional groups attached to an aromatic ring is 1. The monoisotopic (exact) mass is 333 g/mol. The van der Waals surface area contributed by atoms with Gasteiger partial charge in [-0.3, -0.25) is 4.40 Å². The van der Waals surface area contributed by atoms with Crippen LogP contribution in [-0.2, 0) is 10.0 Å². The summed E-state index contributed by atoms with van der Waals surface area (Å²) in [5, 5.41) is 1.93. The topological polar surface area (TPSA) is 92.7 Å². The molecule has 20 heavy (non-hydrogen) atoms. The van der Waals surface area contributed by atoms with Crippen molar-refractivity contribution in [3.63, 3.8) is 0 Å². The van der Waals surface area contributed by atoms with E-state index in [0.717, 1.165) is 17.9 Å². The predicted molar refractivity (Wildman–Crippen MR) is 81.6 cm³/mol. The number of nitrogens with two attached hydrogens (primary N) is 1. The lowest BCUT2D eigenvalue weighted by molar-refractivity contribution is 0.432. The predicted octanol–water partition coefficient (Wildman–Crippen LogP) is 0.809. The SMILES string of the molecule is NNc1nc2sccn2c1S(=O)(=O)N1CCCSCC1. The average Bonchev–Trinajstić information content (AvgIpc) is 2.87. The Morgan fingerprint density at radius 2 is 2.20 bits per heavy atom. The number of imidazole rings is 1. The van der Waals surface area contributed by atoms with Crippen molar-refractivity contribution in [2.75, 3.05) is 30.0 Å². The number of hydrogen-bond donors (Lipinski definition) is 2. The minimum atomic E-state index is -3.60. The van der Waals surface area contributed by atoms with Crippen LogP contribution in [0, 0.1) is 0 Å². The van der Waals surface area contributed by atoms with E-state index in [-0.39, 0.29) is 10.8 Å². The molecule has 7 nitrogen and oxygen atoms in total. The highest BCUT2D eigenvalue weighted by atomic mass is 32.2. The fraction of sp³-hybridized carbons (Fsp3) is 0.500. The van der Waals surface area contributed by atoms with Gasteiger partial charge in [0.25, 0.3) is 10.0 Å². The van der Waals surface area contributed by atoms with E-state index in [1.54, 1.807) is 27.7 Å². The van der Waals surface area contributed by atoms with Crippen LogP contribution in [0.25, 0.3) is 4.96 Å². The summed E-state index contributed by atoms with van der Waals surface area (Å²) in [5.41, 5.74) is 2.40. The number of hydrazine groups is 1. The Kier molecular flexibility index (Phi) is 3.91. The Morgan fingerprint density at radius 3 is 3.00 bits per heavy atom. The molecule has 2 aromatic rings. The number of nitrogens with one attached hydrogen (secondary N) is 1. The lowest BCUT2D eigenvalue weighted by Crippen LogP contribution is -2.34. The number of fused-ring (bicyclic) bond motifs is 1. The van der Waals surface area contributed by atoms with Gasteiger partial charge in [0.15, 0.2) is 10.8 Å². The molecule has 0 radical (unpaired) electrons. The van der Waals surface area contributed by atoms with E-state index in [2.05, 4.69) is 10.4 Å². The Morgan fingerprint density at radius 1 is 1.35 bits per heavy atom. The van der Waals surface area contributed by atoms with Gasteiger partial charge in [-0.05, 0) is 12.2 Å². The molecule has 10 heteroatoms. The summed E-state index contributed by atoms with van der Waals surface area (Å²) in [4.78, 5) is 4.82. The minimum absolute atomic E-state index is 0.128. The molecule has 0 saturated carbocycles. The average molecular weight is 333 g/mol. The number of aromatic nitrogens is 2. The van der Waals surface area contributed by atoms with Gasteiger partial charge < -0.3 is 5.43 Å². The van der Waals surface area contributed by atoms with E-state index >= 15 is 0 Å². The number of anilines is 1. The molecule has 0 aliphatic carbocycles. The molecule has 0 spiro atoms. The van der Waals surface area contributed by atoms with Crippen molar-refractivity contribution in [1.82, 2.24) is 13.7 Å². The zero-order chi connectivity index (χ0) is 14.2. The van der Waals surface area contributed by atoms with Gasteiger partial charge in [0.05, 0.1) is 0 Å². The molecular weight excluding hydrogens is 318 g/mol. The van der Waals surface area contributed by atoms with Gasteiger partial charge in [0.1, 0.15) is 0 Å². The Bertz CT molecular complexity index is 700. The van der Waals surface area contributed by atoms with E-state index in [0.29, 0.717) is 18.1 Å². The molecule has 0 amide bonds. The maximum Gasteiger partial charge on any atom is 0.262 e. The molecule has 3 rings (SSSR count). The van der Waals surface area contributed by atoms with Gasteiger partial charge >= 0.3 is 0 Å². The molecule has 3 heterocycles. The van der Waals surface area contributed by atoms with Crippen LogP contribution in [0.4, 0.5) is 5.82 Å². The summed E-state index contributed by atoms with van der Waals surface area (Å²) >= 11 is 3.16. The fourth-order valence-corrected chi connectivity index (χ4v) is 5.66. The summed E-state index contributed by atoms with van der Waals surface area (Å²) in [6.45, 7) is 1.06. The van der Waals surface area contributed by atoms with Gasteiger partial charge in [-0.2, -0.15) is 21.1 Å². The minimum Gasteiger partial charge on any atom is -0.306 e. The molecule has 0 atom stereocenters. The maximum atomic E-state index is 12.9. The van der Waals surface area contributed by atoms with Gasteiger partial charge in [-0.25, -0.2) is 14.3 Å². The van der Waals surface area contributed by atoms with Crippen LogP contribution in [0.3, 0.4) is 0 Å². The highest BCUT2D eigenvalue weighted by molar-refractivity contribution is 7.99. The lowest BCUT2D eigenvalue weighted by atomic mass is 10.5. The molecule has 2 aromatic heterocycles. The molecule has 3 N–H and O–H groups in total. The molecule has 1 saturated heterocycles. The van der Waals surface area contributed by atoms with Gasteiger partial charge in [-0.15, -0.1) is 11.3 Å². The summed E-state index contributed by atoms with van der Waals surface area (Å²) in [7, 11) is -3.60. The second kappa shape index (κ2) is 5.53. The van der Waals surface area contributed by atoms with Gasteiger partial charge in [0.2, 0.25) is 5.03 Å². The number of hydrogen-bond acceptors (Lipinski definition) is 7. The van der Waals surface area contributed by atoms with Crippen LogP contribution in [-0.4, -0.2) is 46.7 Å². The first-order valence-electron chi connectivity index (χ1n) is 6.14. The quantitative estimate of drug-likeness (QED) is 0.638. The smallest absolute Gasteiger partial charge is 0.262 e. The number of sulfonamides is 1. The first kappa shape index (κ1) is 14.1. The van der Waals surface area contributed by atoms with Crippen LogP contribution < -0.4 is 11.3 Å². The highest BCUT2D eigenvalue weighted by Gasteiger charge is 2.32. The third kappa shape index (κ3) is 2.31. The van der Waals surface area contributed by atoms with Crippen molar-refractivity contribution in [3.8, 4) is 0 Å². The second-order valence-electron chi connectivity index (χ2n) is 4.34. The van der Waals surface area contributed by atoms with E-state index in [1.165, 1.54) is 15.6 Å². The molecule has 110 valence electrons. The molecule has 1 aliphatic rings. The van der Waals surface area contributed by atoms with Crippen LogP contribution >= 0.6 is 23.1 Å². The first-order chi connectivity index (χ1) is 9.64. The first-order valence-corrected chi connectivity index (χ1v) is 9.62. The zero-order valence-electron chi connectivity index (χ0n) is 10.7. The third-order valence-corrected chi connectivity index (χ3v) is 6.85. The van der Waals surface area contributed by atoms with Gasteiger partial charge in [0, 0.05) is 30.4 Å². The normalized spacial score (nSPS) is 18.2. The van der Waals surface area contributed by atoms with E-state index in [4.69, 9.17) is 5.84 Å². The zero-order valence-corrected chi connectivity index (χ0v) is 13.1. The number of nitrogens with zero attached hydrogens (tertiary/aromatic N) is 3. The third-order valence-electron chi connectivity index (χ3n) is 3.12. The van der Waals surface area contributed by atoms with Crippen LogP contribution in [0.15, 0.2) is 16.6 Å². The van der Waals surface area contributed by atoms with Crippen molar-refractivity contribution >= 4 is 43.9 Å². The van der Waals surface area contributed by atoms with Crippen molar-refractivity contribution in [3.05, 3.63) is 11.6 Å². The Labute approximate surface area is 125 Å². The molecule has 0 bridgehead atoms. The molecular formula is C10H15N5O2S3. The summed E-state index contributed by atoms with van der Waals surface area (Å²) in [5.74, 6) is 7.44. The number of thiazole rings is 1. The van der Waals surface area contributed by atoms with Crippen LogP contribution in [0.1, 0.15) is 6.42 Å². The number of thioether (sulfide) groups is 1. The number of rotatable bonds is 3. The van der Waals surface area contributed by atoms with E-state index < -0.39 is 10.0 Å². The molecule has 0 unspecified atom stereocenters. The molecule has 1 aliphatic heterocycles.